The van der Waals surface area contributed by atoms with E-state index in [1.807, 2.05) is 30.5 Å². The van der Waals surface area contributed by atoms with E-state index in [1.165, 1.54) is 6.07 Å². The fourth-order valence-electron chi connectivity index (χ4n) is 1.80. The van der Waals surface area contributed by atoms with Gasteiger partial charge in [0.05, 0.1) is 0 Å². The molecule has 2 nitrogen and oxygen atoms in total. The summed E-state index contributed by atoms with van der Waals surface area (Å²) in [6.07, 6.45) is 1.99. The predicted octanol–water partition coefficient (Wildman–Crippen LogP) is 4.06. The van der Waals surface area contributed by atoms with Crippen LogP contribution in [0.3, 0.4) is 0 Å². The summed E-state index contributed by atoms with van der Waals surface area (Å²) in [6, 6.07) is 12.6. The second kappa shape index (κ2) is 6.59. The molecule has 0 saturated heterocycles. The van der Waals surface area contributed by atoms with Gasteiger partial charge in [0, 0.05) is 17.0 Å². The summed E-state index contributed by atoms with van der Waals surface area (Å²) in [7, 11) is 1.78. The molecule has 19 heavy (non-hydrogen) atoms. The average Bonchev–Trinajstić information content (AvgIpc) is 2.43. The standard InChI is InChI=1S/C15H16FNOS/c1-17-10-11-12(16)6-5-8-13(11)18-14-7-3-4-9-15(14)19-2/h3-9,17H,10H2,1-2H3. The molecule has 2 aromatic carbocycles. The monoisotopic (exact) mass is 277 g/mol. The van der Waals surface area contributed by atoms with Gasteiger partial charge in [-0.2, -0.15) is 0 Å². The van der Waals surface area contributed by atoms with Crippen molar-refractivity contribution >= 4 is 11.8 Å². The smallest absolute Gasteiger partial charge is 0.140 e. The van der Waals surface area contributed by atoms with E-state index < -0.39 is 0 Å². The Morgan fingerprint density at radius 3 is 2.58 bits per heavy atom. The van der Waals surface area contributed by atoms with Gasteiger partial charge in [-0.25, -0.2) is 4.39 Å². The van der Waals surface area contributed by atoms with Crippen molar-refractivity contribution in [2.24, 2.45) is 0 Å². The highest BCUT2D eigenvalue weighted by atomic mass is 32.2. The van der Waals surface area contributed by atoms with Crippen LogP contribution in [0.2, 0.25) is 0 Å². The molecule has 4 heteroatoms. The number of hydrogen-bond donors (Lipinski definition) is 1. The van der Waals surface area contributed by atoms with Crippen molar-refractivity contribution in [2.45, 2.75) is 11.4 Å². The van der Waals surface area contributed by atoms with Crippen molar-refractivity contribution in [1.29, 1.82) is 0 Å². The molecule has 0 radical (unpaired) electrons. The third kappa shape index (κ3) is 3.28. The third-order valence-electron chi connectivity index (χ3n) is 2.72. The molecule has 0 unspecified atom stereocenters. The van der Waals surface area contributed by atoms with E-state index in [0.29, 0.717) is 17.9 Å². The Balaban J connectivity index is 2.35. The molecule has 0 aliphatic carbocycles. The maximum Gasteiger partial charge on any atom is 0.140 e. The molecule has 0 fully saturated rings. The van der Waals surface area contributed by atoms with E-state index in [1.54, 1.807) is 30.9 Å². The summed E-state index contributed by atoms with van der Waals surface area (Å²) in [5.41, 5.74) is 0.543. The van der Waals surface area contributed by atoms with Crippen molar-refractivity contribution in [3.05, 3.63) is 53.8 Å². The van der Waals surface area contributed by atoms with Crippen molar-refractivity contribution < 1.29 is 9.13 Å². The number of nitrogens with one attached hydrogen (secondary N) is 1. The molecule has 0 aromatic heterocycles. The highest BCUT2D eigenvalue weighted by molar-refractivity contribution is 7.98. The first-order valence-corrected chi connectivity index (χ1v) is 7.21. The van der Waals surface area contributed by atoms with Gasteiger partial charge in [0.25, 0.3) is 0 Å². The molecule has 2 aromatic rings. The Bertz CT molecular complexity index is 560. The van der Waals surface area contributed by atoms with Gasteiger partial charge in [-0.1, -0.05) is 18.2 Å². The van der Waals surface area contributed by atoms with Gasteiger partial charge in [0.2, 0.25) is 0 Å². The van der Waals surface area contributed by atoms with Crippen molar-refractivity contribution in [3.63, 3.8) is 0 Å². The number of ether oxygens (including phenoxy) is 1. The number of hydrogen-bond acceptors (Lipinski definition) is 3. The summed E-state index contributed by atoms with van der Waals surface area (Å²) < 4.78 is 19.7. The zero-order valence-electron chi connectivity index (χ0n) is 10.9. The van der Waals surface area contributed by atoms with Crippen LogP contribution in [-0.2, 0) is 6.54 Å². The first-order chi connectivity index (χ1) is 9.26. The molecule has 0 aliphatic heterocycles. The number of rotatable bonds is 5. The Labute approximate surface area is 117 Å². The van der Waals surface area contributed by atoms with Crippen LogP contribution in [0.15, 0.2) is 47.4 Å². The van der Waals surface area contributed by atoms with E-state index in [9.17, 15) is 4.39 Å². The number of thioether (sulfide) groups is 1. The Hall–Kier alpha value is -1.52. The molecule has 0 bridgehead atoms. The highest BCUT2D eigenvalue weighted by Crippen LogP contribution is 2.33. The first kappa shape index (κ1) is 13.9. The molecule has 0 aliphatic rings. The van der Waals surface area contributed by atoms with Crippen LogP contribution in [0.5, 0.6) is 11.5 Å². The van der Waals surface area contributed by atoms with Crippen LogP contribution >= 0.6 is 11.8 Å². The van der Waals surface area contributed by atoms with Gasteiger partial charge in [-0.05, 0) is 37.6 Å². The van der Waals surface area contributed by atoms with Gasteiger partial charge in [-0.3, -0.25) is 0 Å². The van der Waals surface area contributed by atoms with E-state index in [2.05, 4.69) is 5.32 Å². The fourth-order valence-corrected chi connectivity index (χ4v) is 2.33. The molecule has 0 saturated carbocycles. The third-order valence-corrected chi connectivity index (χ3v) is 3.50. The van der Waals surface area contributed by atoms with Crippen LogP contribution in [0.1, 0.15) is 5.56 Å². The van der Waals surface area contributed by atoms with Crippen LogP contribution in [-0.4, -0.2) is 13.3 Å². The molecule has 2 rings (SSSR count). The van der Waals surface area contributed by atoms with Gasteiger partial charge < -0.3 is 10.1 Å². The summed E-state index contributed by atoms with van der Waals surface area (Å²) in [4.78, 5) is 1.03. The summed E-state index contributed by atoms with van der Waals surface area (Å²) in [6.45, 7) is 0.434. The van der Waals surface area contributed by atoms with E-state index in [-0.39, 0.29) is 5.82 Å². The quantitative estimate of drug-likeness (QED) is 0.833. The summed E-state index contributed by atoms with van der Waals surface area (Å²) >= 11 is 1.60. The fraction of sp³-hybridized carbons (Fsp3) is 0.200. The molecular weight excluding hydrogens is 261 g/mol. The minimum Gasteiger partial charge on any atom is -0.456 e. The first-order valence-electron chi connectivity index (χ1n) is 5.99. The van der Waals surface area contributed by atoms with Crippen LogP contribution in [0.4, 0.5) is 4.39 Å². The Morgan fingerprint density at radius 1 is 1.11 bits per heavy atom. The molecule has 0 spiro atoms. The SMILES string of the molecule is CNCc1c(F)cccc1Oc1ccccc1SC. The van der Waals surface area contributed by atoms with Gasteiger partial charge in [0.15, 0.2) is 0 Å². The molecule has 0 heterocycles. The predicted molar refractivity (Wildman–Crippen MR) is 77.5 cm³/mol. The second-order valence-corrected chi connectivity index (χ2v) is 4.85. The zero-order valence-corrected chi connectivity index (χ0v) is 11.8. The normalized spacial score (nSPS) is 10.5. The van der Waals surface area contributed by atoms with E-state index in [4.69, 9.17) is 4.74 Å². The lowest BCUT2D eigenvalue weighted by molar-refractivity contribution is 0.454. The molecular formula is C15H16FNOS. The van der Waals surface area contributed by atoms with Gasteiger partial charge in [0.1, 0.15) is 17.3 Å². The maximum absolute atomic E-state index is 13.8. The zero-order chi connectivity index (χ0) is 13.7. The largest absolute Gasteiger partial charge is 0.456 e. The van der Waals surface area contributed by atoms with Gasteiger partial charge >= 0.3 is 0 Å². The lowest BCUT2D eigenvalue weighted by Crippen LogP contribution is -2.08. The van der Waals surface area contributed by atoms with E-state index in [0.717, 1.165) is 10.6 Å². The lowest BCUT2D eigenvalue weighted by atomic mass is 10.2. The van der Waals surface area contributed by atoms with Crippen LogP contribution in [0, 0.1) is 5.82 Å². The average molecular weight is 277 g/mol. The molecule has 0 atom stereocenters. The van der Waals surface area contributed by atoms with Gasteiger partial charge in [-0.15, -0.1) is 11.8 Å². The number of benzene rings is 2. The molecule has 1 N–H and O–H groups in total. The molecule has 100 valence electrons. The Morgan fingerprint density at radius 2 is 1.84 bits per heavy atom. The number of para-hydroxylation sites is 1. The van der Waals surface area contributed by atoms with Crippen molar-refractivity contribution in [2.75, 3.05) is 13.3 Å². The topological polar surface area (TPSA) is 21.3 Å². The summed E-state index contributed by atoms with van der Waals surface area (Å²) in [5, 5.41) is 2.95. The van der Waals surface area contributed by atoms with Crippen molar-refractivity contribution in [3.8, 4) is 11.5 Å². The Kier molecular flexibility index (Phi) is 4.82. The summed E-state index contributed by atoms with van der Waals surface area (Å²) in [5.74, 6) is 1.04. The van der Waals surface area contributed by atoms with Crippen LogP contribution in [0.25, 0.3) is 0 Å². The van der Waals surface area contributed by atoms with Crippen LogP contribution < -0.4 is 10.1 Å². The second-order valence-electron chi connectivity index (χ2n) is 4.00. The lowest BCUT2D eigenvalue weighted by Gasteiger charge is -2.13. The van der Waals surface area contributed by atoms with Crippen molar-refractivity contribution in [1.82, 2.24) is 5.32 Å². The minimum atomic E-state index is -0.256. The minimum absolute atomic E-state index is 0.256. The number of halogens is 1. The highest BCUT2D eigenvalue weighted by Gasteiger charge is 2.11. The maximum atomic E-state index is 13.8. The van der Waals surface area contributed by atoms with E-state index >= 15 is 0 Å². The molecule has 0 amide bonds.